The summed E-state index contributed by atoms with van der Waals surface area (Å²) in [7, 11) is 0. The summed E-state index contributed by atoms with van der Waals surface area (Å²) in [6.45, 7) is 6.74. The number of nitrogens with one attached hydrogen (secondary N) is 3. The van der Waals surface area contributed by atoms with Gasteiger partial charge in [0.25, 0.3) is 0 Å². The molecule has 1 heterocycles. The Morgan fingerprint density at radius 1 is 1.36 bits per heavy atom. The van der Waals surface area contributed by atoms with E-state index in [1.165, 1.54) is 0 Å². The molecular formula is C17H24ClN3O. The molecule has 0 spiro atoms. The van der Waals surface area contributed by atoms with Crippen LogP contribution >= 0.6 is 11.6 Å². The molecule has 3 N–H and O–H groups in total. The predicted molar refractivity (Wildman–Crippen MR) is 89.3 cm³/mol. The van der Waals surface area contributed by atoms with E-state index in [9.17, 15) is 4.79 Å². The second-order valence-electron chi connectivity index (χ2n) is 7.26. The molecular weight excluding hydrogens is 298 g/mol. The van der Waals surface area contributed by atoms with Crippen molar-refractivity contribution in [2.45, 2.75) is 38.1 Å². The smallest absolute Gasteiger partial charge is 0.315 e. The molecule has 0 radical (unpaired) electrons. The fraction of sp³-hybridized carbons (Fsp3) is 0.588. The molecule has 1 aromatic rings. The summed E-state index contributed by atoms with van der Waals surface area (Å²) in [5.41, 5.74) is 1.27. The molecule has 2 fully saturated rings. The van der Waals surface area contributed by atoms with Crippen LogP contribution in [0.15, 0.2) is 24.3 Å². The SMILES string of the molecule is CC1(C)CNCC1NC(=O)NCC1(c2ccccc2Cl)CC1. The number of hydrogen-bond donors (Lipinski definition) is 3. The van der Waals surface area contributed by atoms with E-state index in [0.29, 0.717) is 6.54 Å². The van der Waals surface area contributed by atoms with Crippen molar-refractivity contribution in [1.82, 2.24) is 16.0 Å². The van der Waals surface area contributed by atoms with E-state index in [4.69, 9.17) is 11.6 Å². The minimum Gasteiger partial charge on any atom is -0.337 e. The monoisotopic (exact) mass is 321 g/mol. The van der Waals surface area contributed by atoms with Crippen molar-refractivity contribution in [3.8, 4) is 0 Å². The largest absolute Gasteiger partial charge is 0.337 e. The van der Waals surface area contributed by atoms with Crippen LogP contribution in [0, 0.1) is 5.41 Å². The second kappa shape index (κ2) is 5.74. The van der Waals surface area contributed by atoms with Crippen LogP contribution in [0.2, 0.25) is 5.02 Å². The van der Waals surface area contributed by atoms with Gasteiger partial charge in [-0.2, -0.15) is 0 Å². The van der Waals surface area contributed by atoms with E-state index >= 15 is 0 Å². The average molecular weight is 322 g/mol. The van der Waals surface area contributed by atoms with Gasteiger partial charge in [0.2, 0.25) is 0 Å². The minimum atomic E-state index is -0.0832. The summed E-state index contributed by atoms with van der Waals surface area (Å²) in [5.74, 6) is 0. The molecule has 1 saturated heterocycles. The maximum absolute atomic E-state index is 12.2. The molecule has 1 aliphatic heterocycles. The van der Waals surface area contributed by atoms with E-state index in [1.54, 1.807) is 0 Å². The zero-order valence-electron chi connectivity index (χ0n) is 13.2. The fourth-order valence-electron chi connectivity index (χ4n) is 3.23. The standard InChI is InChI=1S/C17H24ClN3O/c1-16(2)10-19-9-14(16)21-15(22)20-11-17(7-8-17)12-5-3-4-6-13(12)18/h3-6,14,19H,7-11H2,1-2H3,(H2,20,21,22). The highest BCUT2D eigenvalue weighted by molar-refractivity contribution is 6.31. The van der Waals surface area contributed by atoms with E-state index in [0.717, 1.165) is 36.5 Å². The quantitative estimate of drug-likeness (QED) is 0.798. The molecule has 5 heteroatoms. The first-order chi connectivity index (χ1) is 10.4. The summed E-state index contributed by atoms with van der Waals surface area (Å²) in [6, 6.07) is 8.02. The maximum atomic E-state index is 12.2. The summed E-state index contributed by atoms with van der Waals surface area (Å²) in [6.07, 6.45) is 2.15. The molecule has 0 bridgehead atoms. The van der Waals surface area contributed by atoms with Crippen LogP contribution in [0.1, 0.15) is 32.3 Å². The summed E-state index contributed by atoms with van der Waals surface area (Å²) >= 11 is 6.30. The van der Waals surface area contributed by atoms with Crippen molar-refractivity contribution in [2.75, 3.05) is 19.6 Å². The van der Waals surface area contributed by atoms with Crippen molar-refractivity contribution < 1.29 is 4.79 Å². The highest BCUT2D eigenvalue weighted by Gasteiger charge is 2.45. The zero-order valence-corrected chi connectivity index (χ0v) is 14.0. The molecule has 2 aliphatic rings. The molecule has 120 valence electrons. The number of urea groups is 1. The average Bonchev–Trinajstić information content (AvgIpc) is 3.18. The van der Waals surface area contributed by atoms with Gasteiger partial charge in [0.05, 0.1) is 0 Å². The molecule has 2 amide bonds. The predicted octanol–water partition coefficient (Wildman–Crippen LogP) is 2.67. The number of amides is 2. The van der Waals surface area contributed by atoms with Gasteiger partial charge >= 0.3 is 6.03 Å². The Hall–Kier alpha value is -1.26. The first-order valence-electron chi connectivity index (χ1n) is 7.93. The maximum Gasteiger partial charge on any atom is 0.315 e. The lowest BCUT2D eigenvalue weighted by molar-refractivity contribution is 0.226. The molecule has 4 nitrogen and oxygen atoms in total. The lowest BCUT2D eigenvalue weighted by atomic mass is 9.88. The Labute approximate surface area is 137 Å². The van der Waals surface area contributed by atoms with Gasteiger partial charge in [-0.3, -0.25) is 0 Å². The molecule has 1 aromatic carbocycles. The molecule has 1 aliphatic carbocycles. The van der Waals surface area contributed by atoms with E-state index in [2.05, 4.69) is 35.9 Å². The van der Waals surface area contributed by atoms with E-state index < -0.39 is 0 Å². The van der Waals surface area contributed by atoms with Crippen molar-refractivity contribution in [1.29, 1.82) is 0 Å². The van der Waals surface area contributed by atoms with Crippen LogP contribution < -0.4 is 16.0 Å². The topological polar surface area (TPSA) is 53.2 Å². The Balaban J connectivity index is 1.57. The first kappa shape index (κ1) is 15.6. The van der Waals surface area contributed by atoms with Crippen LogP contribution in [-0.2, 0) is 5.41 Å². The summed E-state index contributed by atoms with van der Waals surface area (Å²) in [4.78, 5) is 12.2. The van der Waals surface area contributed by atoms with Gasteiger partial charge in [-0.15, -0.1) is 0 Å². The van der Waals surface area contributed by atoms with Crippen molar-refractivity contribution >= 4 is 17.6 Å². The third-order valence-corrected chi connectivity index (χ3v) is 5.39. The molecule has 22 heavy (non-hydrogen) atoms. The molecule has 1 atom stereocenters. The highest BCUT2D eigenvalue weighted by Crippen LogP contribution is 2.49. The van der Waals surface area contributed by atoms with Gasteiger partial charge in [-0.1, -0.05) is 43.6 Å². The van der Waals surface area contributed by atoms with Crippen LogP contribution in [0.4, 0.5) is 4.79 Å². The fourth-order valence-corrected chi connectivity index (χ4v) is 3.56. The van der Waals surface area contributed by atoms with Gasteiger partial charge in [0, 0.05) is 36.1 Å². The van der Waals surface area contributed by atoms with Gasteiger partial charge in [-0.05, 0) is 29.9 Å². The van der Waals surface area contributed by atoms with Gasteiger partial charge < -0.3 is 16.0 Å². The highest BCUT2D eigenvalue weighted by atomic mass is 35.5. The van der Waals surface area contributed by atoms with Crippen molar-refractivity contribution in [3.05, 3.63) is 34.9 Å². The minimum absolute atomic E-state index is 0.0269. The van der Waals surface area contributed by atoms with Crippen molar-refractivity contribution in [2.24, 2.45) is 5.41 Å². The molecule has 3 rings (SSSR count). The van der Waals surface area contributed by atoms with Crippen LogP contribution in [-0.4, -0.2) is 31.7 Å². The van der Waals surface area contributed by atoms with Crippen molar-refractivity contribution in [3.63, 3.8) is 0 Å². The number of rotatable bonds is 4. The number of hydrogen-bond acceptors (Lipinski definition) is 2. The normalized spacial score (nSPS) is 24.8. The zero-order chi connectivity index (χ0) is 15.8. The van der Waals surface area contributed by atoms with Gasteiger partial charge in [0.1, 0.15) is 0 Å². The Kier molecular flexibility index (Phi) is 4.08. The number of carbonyl (C=O) groups excluding carboxylic acids is 1. The number of carbonyl (C=O) groups is 1. The van der Waals surface area contributed by atoms with Gasteiger partial charge in [-0.25, -0.2) is 4.79 Å². The number of benzene rings is 1. The molecule has 0 aromatic heterocycles. The Morgan fingerprint density at radius 2 is 2.09 bits per heavy atom. The lowest BCUT2D eigenvalue weighted by Crippen LogP contribution is -2.49. The Bertz CT molecular complexity index is 569. The van der Waals surface area contributed by atoms with Gasteiger partial charge in [0.15, 0.2) is 0 Å². The summed E-state index contributed by atoms with van der Waals surface area (Å²) < 4.78 is 0. The van der Waals surface area contributed by atoms with Crippen LogP contribution in [0.25, 0.3) is 0 Å². The third kappa shape index (κ3) is 3.08. The van der Waals surface area contributed by atoms with E-state index in [1.807, 2.05) is 18.2 Å². The molecule has 1 unspecified atom stereocenters. The third-order valence-electron chi connectivity index (χ3n) is 5.06. The second-order valence-corrected chi connectivity index (χ2v) is 7.67. The molecule has 1 saturated carbocycles. The van der Waals surface area contributed by atoms with Crippen LogP contribution in [0.3, 0.4) is 0 Å². The number of halogens is 1. The first-order valence-corrected chi connectivity index (χ1v) is 8.31. The van der Waals surface area contributed by atoms with Crippen LogP contribution in [0.5, 0.6) is 0 Å². The summed E-state index contributed by atoms with van der Waals surface area (Å²) in [5, 5.41) is 10.3. The van der Waals surface area contributed by atoms with E-state index in [-0.39, 0.29) is 22.9 Å². The lowest BCUT2D eigenvalue weighted by Gasteiger charge is -2.27. The Morgan fingerprint density at radius 3 is 2.68 bits per heavy atom.